The van der Waals surface area contributed by atoms with Crippen molar-refractivity contribution in [1.29, 1.82) is 0 Å². The number of benzene rings is 2. The minimum atomic E-state index is -0.824. The number of nitrogens with one attached hydrogen (secondary N) is 1. The Bertz CT molecular complexity index is 887. The first-order valence-corrected chi connectivity index (χ1v) is 8.39. The maximum atomic E-state index is 12.2. The molecule has 0 aliphatic carbocycles. The predicted octanol–water partition coefficient (Wildman–Crippen LogP) is 1.45. The highest BCUT2D eigenvalue weighted by atomic mass is 16.5. The highest BCUT2D eigenvalue weighted by Gasteiger charge is 2.36. The second kappa shape index (κ2) is 7.82. The molecule has 2 aromatic rings. The van der Waals surface area contributed by atoms with Crippen molar-refractivity contribution in [2.75, 3.05) is 13.2 Å². The van der Waals surface area contributed by atoms with Gasteiger partial charge in [0.05, 0.1) is 11.1 Å². The zero-order chi connectivity index (χ0) is 19.4. The third kappa shape index (κ3) is 4.03. The van der Waals surface area contributed by atoms with Gasteiger partial charge in [-0.15, -0.1) is 0 Å². The van der Waals surface area contributed by atoms with E-state index in [1.165, 1.54) is 12.1 Å². The van der Waals surface area contributed by atoms with E-state index in [1.807, 2.05) is 31.2 Å². The molecule has 0 atom stereocenters. The van der Waals surface area contributed by atoms with Crippen molar-refractivity contribution < 1.29 is 23.9 Å². The summed E-state index contributed by atoms with van der Waals surface area (Å²) in [6.45, 7) is 1.25. The van der Waals surface area contributed by atoms with Crippen LogP contribution in [0.2, 0.25) is 0 Å². The molecule has 1 aliphatic heterocycles. The summed E-state index contributed by atoms with van der Waals surface area (Å²) < 4.78 is 4.88. The molecule has 0 saturated heterocycles. The monoisotopic (exact) mass is 366 g/mol. The van der Waals surface area contributed by atoms with E-state index in [9.17, 15) is 19.2 Å². The lowest BCUT2D eigenvalue weighted by Crippen LogP contribution is -2.37. The number of fused-ring (bicyclic) bond motifs is 1. The van der Waals surface area contributed by atoms with Crippen molar-refractivity contribution in [2.45, 2.75) is 13.5 Å². The van der Waals surface area contributed by atoms with Crippen LogP contribution >= 0.6 is 0 Å². The van der Waals surface area contributed by atoms with Gasteiger partial charge < -0.3 is 10.1 Å². The molecule has 1 heterocycles. The van der Waals surface area contributed by atoms with Crippen LogP contribution in [-0.2, 0) is 20.9 Å². The van der Waals surface area contributed by atoms with Crippen LogP contribution in [0.3, 0.4) is 0 Å². The Kier molecular flexibility index (Phi) is 5.30. The fourth-order valence-electron chi connectivity index (χ4n) is 2.76. The molecule has 0 saturated carbocycles. The van der Waals surface area contributed by atoms with Crippen LogP contribution < -0.4 is 5.32 Å². The first kappa shape index (κ1) is 18.3. The van der Waals surface area contributed by atoms with E-state index in [-0.39, 0.29) is 11.1 Å². The maximum absolute atomic E-state index is 12.2. The fraction of sp³-hybridized carbons (Fsp3) is 0.200. The topological polar surface area (TPSA) is 92.8 Å². The van der Waals surface area contributed by atoms with Gasteiger partial charge in [-0.3, -0.25) is 24.1 Å². The molecule has 7 nitrogen and oxygen atoms in total. The van der Waals surface area contributed by atoms with E-state index in [0.717, 1.165) is 16.0 Å². The molecule has 0 radical (unpaired) electrons. The van der Waals surface area contributed by atoms with Gasteiger partial charge in [0.15, 0.2) is 6.61 Å². The highest BCUT2D eigenvalue weighted by Crippen LogP contribution is 2.22. The zero-order valence-electron chi connectivity index (χ0n) is 14.7. The Balaban J connectivity index is 1.48. The van der Waals surface area contributed by atoms with Gasteiger partial charge in [0, 0.05) is 6.54 Å². The summed E-state index contributed by atoms with van der Waals surface area (Å²) in [6.07, 6.45) is 0. The molecule has 27 heavy (non-hydrogen) atoms. The minimum Gasteiger partial charge on any atom is -0.454 e. The number of rotatable bonds is 6. The normalized spacial score (nSPS) is 12.7. The Morgan fingerprint density at radius 2 is 1.56 bits per heavy atom. The second-order valence-electron chi connectivity index (χ2n) is 6.11. The van der Waals surface area contributed by atoms with Crippen molar-refractivity contribution >= 4 is 23.7 Å². The quantitative estimate of drug-likeness (QED) is 0.617. The Hall–Kier alpha value is -3.48. The molecule has 1 N–H and O–H groups in total. The molecular formula is C20H18N2O5. The van der Waals surface area contributed by atoms with E-state index in [2.05, 4.69) is 5.32 Å². The lowest BCUT2D eigenvalue weighted by atomic mass is 10.1. The molecule has 3 amide bonds. The predicted molar refractivity (Wildman–Crippen MR) is 95.8 cm³/mol. The van der Waals surface area contributed by atoms with E-state index in [1.54, 1.807) is 12.1 Å². The van der Waals surface area contributed by atoms with Crippen LogP contribution in [0.15, 0.2) is 48.5 Å². The minimum absolute atomic E-state index is 0.256. The van der Waals surface area contributed by atoms with Crippen LogP contribution in [0, 0.1) is 6.92 Å². The smallest absolute Gasteiger partial charge is 0.326 e. The number of esters is 1. The Morgan fingerprint density at radius 3 is 2.19 bits per heavy atom. The van der Waals surface area contributed by atoms with Crippen molar-refractivity contribution in [3.05, 3.63) is 70.8 Å². The van der Waals surface area contributed by atoms with Gasteiger partial charge in [-0.25, -0.2) is 0 Å². The molecule has 3 rings (SSSR count). The van der Waals surface area contributed by atoms with Crippen molar-refractivity contribution in [3.8, 4) is 0 Å². The number of hydrogen-bond donors (Lipinski definition) is 1. The number of carbonyl (C=O) groups excluding carboxylic acids is 4. The average Bonchev–Trinajstić information content (AvgIpc) is 2.91. The molecular weight excluding hydrogens is 348 g/mol. The van der Waals surface area contributed by atoms with Gasteiger partial charge in [-0.1, -0.05) is 36.4 Å². The van der Waals surface area contributed by atoms with Gasteiger partial charge in [-0.2, -0.15) is 0 Å². The van der Waals surface area contributed by atoms with Crippen LogP contribution in [0.1, 0.15) is 31.8 Å². The van der Waals surface area contributed by atoms with Crippen LogP contribution in [0.25, 0.3) is 0 Å². The summed E-state index contributed by atoms with van der Waals surface area (Å²) in [5.41, 5.74) is 2.51. The number of ether oxygens (including phenoxy) is 1. The number of imide groups is 1. The summed E-state index contributed by atoms with van der Waals surface area (Å²) in [5, 5.41) is 2.66. The standard InChI is InChI=1S/C20H18N2O5/c1-13-6-2-3-7-14(13)10-21-17(23)12-27-18(24)11-22-19(25)15-8-4-5-9-16(15)20(22)26/h2-9H,10-12H2,1H3,(H,21,23). The third-order valence-electron chi connectivity index (χ3n) is 4.27. The maximum Gasteiger partial charge on any atom is 0.326 e. The van der Waals surface area contributed by atoms with Crippen molar-refractivity contribution in [1.82, 2.24) is 10.2 Å². The van der Waals surface area contributed by atoms with Crippen LogP contribution in [0.5, 0.6) is 0 Å². The average molecular weight is 366 g/mol. The molecule has 2 aromatic carbocycles. The van der Waals surface area contributed by atoms with Gasteiger partial charge in [-0.05, 0) is 30.2 Å². The molecule has 0 spiro atoms. The van der Waals surface area contributed by atoms with Gasteiger partial charge >= 0.3 is 5.97 Å². The van der Waals surface area contributed by atoms with Crippen molar-refractivity contribution in [3.63, 3.8) is 0 Å². The molecule has 0 aromatic heterocycles. The SMILES string of the molecule is Cc1ccccc1CNC(=O)COC(=O)CN1C(=O)c2ccccc2C1=O. The zero-order valence-corrected chi connectivity index (χ0v) is 14.7. The van der Waals surface area contributed by atoms with Crippen molar-refractivity contribution in [2.24, 2.45) is 0 Å². The summed E-state index contributed by atoms with van der Waals surface area (Å²) in [7, 11) is 0. The van der Waals surface area contributed by atoms with E-state index >= 15 is 0 Å². The molecule has 1 aliphatic rings. The number of nitrogens with zero attached hydrogens (tertiary/aromatic N) is 1. The van der Waals surface area contributed by atoms with E-state index < -0.39 is 36.8 Å². The largest absolute Gasteiger partial charge is 0.454 e. The molecule has 0 fully saturated rings. The van der Waals surface area contributed by atoms with E-state index in [4.69, 9.17) is 4.74 Å². The molecule has 0 unspecified atom stereocenters. The lowest BCUT2D eigenvalue weighted by molar-refractivity contribution is -0.148. The van der Waals surface area contributed by atoms with Gasteiger partial charge in [0.25, 0.3) is 17.7 Å². The van der Waals surface area contributed by atoms with Crippen LogP contribution in [-0.4, -0.2) is 41.7 Å². The summed E-state index contributed by atoms with van der Waals surface area (Å²) in [5.74, 6) is -2.38. The number of carbonyl (C=O) groups is 4. The summed E-state index contributed by atoms with van der Waals surface area (Å²) in [4.78, 5) is 49.0. The van der Waals surface area contributed by atoms with Gasteiger partial charge in [0.2, 0.25) is 0 Å². The Morgan fingerprint density at radius 1 is 0.963 bits per heavy atom. The number of aryl methyl sites for hydroxylation is 1. The van der Waals surface area contributed by atoms with Gasteiger partial charge in [0.1, 0.15) is 6.54 Å². The Labute approximate surface area is 155 Å². The lowest BCUT2D eigenvalue weighted by Gasteiger charge is -2.13. The first-order chi connectivity index (χ1) is 13.0. The summed E-state index contributed by atoms with van der Waals surface area (Å²) >= 11 is 0. The molecule has 0 bridgehead atoms. The molecule has 138 valence electrons. The van der Waals surface area contributed by atoms with Crippen LogP contribution in [0.4, 0.5) is 0 Å². The van der Waals surface area contributed by atoms with E-state index in [0.29, 0.717) is 6.54 Å². The number of amides is 3. The summed E-state index contributed by atoms with van der Waals surface area (Å²) in [6, 6.07) is 13.9. The third-order valence-corrected chi connectivity index (χ3v) is 4.27. The second-order valence-corrected chi connectivity index (χ2v) is 6.11. The first-order valence-electron chi connectivity index (χ1n) is 8.39. The molecule has 7 heteroatoms. The number of hydrogen-bond acceptors (Lipinski definition) is 5. The fourth-order valence-corrected chi connectivity index (χ4v) is 2.76. The highest BCUT2D eigenvalue weighted by molar-refractivity contribution is 6.22.